The number of hydrogen-bond acceptors (Lipinski definition) is 3. The second-order valence-electron chi connectivity index (χ2n) is 4.20. The molecule has 0 aliphatic rings. The molecule has 19 heavy (non-hydrogen) atoms. The minimum absolute atomic E-state index is 0.0166. The van der Waals surface area contributed by atoms with E-state index in [1.54, 1.807) is 14.0 Å². The highest BCUT2D eigenvalue weighted by Gasteiger charge is 2.18. The SMILES string of the molecule is CNC(C)c1nnn(-c2cc(F)c(Br)cc2F)c1C. The van der Waals surface area contributed by atoms with Gasteiger partial charge < -0.3 is 5.32 Å². The van der Waals surface area contributed by atoms with Gasteiger partial charge in [-0.3, -0.25) is 0 Å². The van der Waals surface area contributed by atoms with E-state index in [1.165, 1.54) is 4.68 Å². The third kappa shape index (κ3) is 2.52. The second-order valence-corrected chi connectivity index (χ2v) is 5.05. The van der Waals surface area contributed by atoms with Gasteiger partial charge >= 0.3 is 0 Å². The quantitative estimate of drug-likeness (QED) is 0.880. The number of benzene rings is 1. The summed E-state index contributed by atoms with van der Waals surface area (Å²) in [6.07, 6.45) is 0. The molecule has 2 rings (SSSR count). The number of hydrogen-bond donors (Lipinski definition) is 1. The van der Waals surface area contributed by atoms with Crippen molar-refractivity contribution < 1.29 is 8.78 Å². The maximum absolute atomic E-state index is 13.9. The van der Waals surface area contributed by atoms with Crippen molar-refractivity contribution in [1.29, 1.82) is 0 Å². The Morgan fingerprint density at radius 3 is 2.63 bits per heavy atom. The molecule has 7 heteroatoms. The van der Waals surface area contributed by atoms with E-state index < -0.39 is 11.6 Å². The van der Waals surface area contributed by atoms with Crippen LogP contribution in [0.3, 0.4) is 0 Å². The van der Waals surface area contributed by atoms with Crippen LogP contribution in [0.4, 0.5) is 8.78 Å². The van der Waals surface area contributed by atoms with Crippen LogP contribution in [-0.4, -0.2) is 22.0 Å². The van der Waals surface area contributed by atoms with Crippen LogP contribution < -0.4 is 5.32 Å². The standard InChI is InChI=1S/C12H13BrF2N4/c1-6(16-3)12-7(2)19(18-17-12)11-5-9(14)8(13)4-10(11)15/h4-6,16H,1-3H3. The molecule has 0 bridgehead atoms. The summed E-state index contributed by atoms with van der Waals surface area (Å²) >= 11 is 2.94. The molecule has 0 aliphatic carbocycles. The Balaban J connectivity index is 2.54. The minimum atomic E-state index is -0.565. The molecular formula is C12H13BrF2N4. The fraction of sp³-hybridized carbons (Fsp3) is 0.333. The first-order chi connectivity index (χ1) is 8.95. The molecule has 1 unspecified atom stereocenters. The fourth-order valence-electron chi connectivity index (χ4n) is 1.78. The van der Waals surface area contributed by atoms with Gasteiger partial charge in [-0.05, 0) is 42.9 Å². The van der Waals surface area contributed by atoms with Crippen LogP contribution in [0.15, 0.2) is 16.6 Å². The zero-order chi connectivity index (χ0) is 14.2. The maximum atomic E-state index is 13.9. The largest absolute Gasteiger partial charge is 0.312 e. The molecule has 0 fully saturated rings. The molecule has 0 spiro atoms. The lowest BCUT2D eigenvalue weighted by Crippen LogP contribution is -2.14. The molecule has 0 amide bonds. The van der Waals surface area contributed by atoms with E-state index in [-0.39, 0.29) is 16.2 Å². The summed E-state index contributed by atoms with van der Waals surface area (Å²) in [5.41, 5.74) is 1.41. The molecule has 102 valence electrons. The predicted molar refractivity (Wildman–Crippen MR) is 71.2 cm³/mol. The Morgan fingerprint density at radius 2 is 2.00 bits per heavy atom. The third-order valence-corrected chi connectivity index (χ3v) is 3.60. The normalized spacial score (nSPS) is 12.7. The highest BCUT2D eigenvalue weighted by atomic mass is 79.9. The summed E-state index contributed by atoms with van der Waals surface area (Å²) in [6.45, 7) is 3.68. The van der Waals surface area contributed by atoms with E-state index in [0.29, 0.717) is 11.4 Å². The van der Waals surface area contributed by atoms with Crippen molar-refractivity contribution in [3.8, 4) is 5.69 Å². The summed E-state index contributed by atoms with van der Waals surface area (Å²) in [7, 11) is 1.79. The smallest absolute Gasteiger partial charge is 0.150 e. The maximum Gasteiger partial charge on any atom is 0.150 e. The summed E-state index contributed by atoms with van der Waals surface area (Å²) in [4.78, 5) is 0. The van der Waals surface area contributed by atoms with Gasteiger partial charge in [0.25, 0.3) is 0 Å². The van der Waals surface area contributed by atoms with Crippen molar-refractivity contribution in [3.05, 3.63) is 39.6 Å². The van der Waals surface area contributed by atoms with Gasteiger partial charge in [-0.25, -0.2) is 13.5 Å². The Kier molecular flexibility index (Phi) is 3.96. The number of halogens is 3. The van der Waals surface area contributed by atoms with Gasteiger partial charge in [0.1, 0.15) is 23.0 Å². The van der Waals surface area contributed by atoms with Crippen LogP contribution in [0, 0.1) is 18.6 Å². The number of nitrogens with one attached hydrogen (secondary N) is 1. The van der Waals surface area contributed by atoms with E-state index >= 15 is 0 Å². The molecule has 1 aromatic carbocycles. The average Bonchev–Trinajstić information content (AvgIpc) is 2.75. The lowest BCUT2D eigenvalue weighted by Gasteiger charge is -2.09. The van der Waals surface area contributed by atoms with Crippen LogP contribution in [0.1, 0.15) is 24.4 Å². The lowest BCUT2D eigenvalue weighted by molar-refractivity contribution is 0.577. The summed E-state index contributed by atoms with van der Waals surface area (Å²) < 4.78 is 28.8. The monoisotopic (exact) mass is 330 g/mol. The van der Waals surface area contributed by atoms with Gasteiger partial charge in [-0.15, -0.1) is 5.10 Å². The Labute approximate surface area is 117 Å². The molecule has 0 saturated carbocycles. The minimum Gasteiger partial charge on any atom is -0.312 e. The number of rotatable bonds is 3. The van der Waals surface area contributed by atoms with Crippen molar-refractivity contribution in [3.63, 3.8) is 0 Å². The summed E-state index contributed by atoms with van der Waals surface area (Å²) in [5, 5.41) is 10.9. The van der Waals surface area contributed by atoms with Crippen molar-refractivity contribution in [1.82, 2.24) is 20.3 Å². The molecular weight excluding hydrogens is 318 g/mol. The Morgan fingerprint density at radius 1 is 1.32 bits per heavy atom. The zero-order valence-corrected chi connectivity index (χ0v) is 12.3. The van der Waals surface area contributed by atoms with Gasteiger partial charge in [0.15, 0.2) is 0 Å². The van der Waals surface area contributed by atoms with Crippen LogP contribution >= 0.6 is 15.9 Å². The topological polar surface area (TPSA) is 42.7 Å². The third-order valence-electron chi connectivity index (χ3n) is 2.99. The van der Waals surface area contributed by atoms with Gasteiger partial charge in [0.05, 0.1) is 16.2 Å². The number of aromatic nitrogens is 3. The molecule has 2 aromatic rings. The van der Waals surface area contributed by atoms with Gasteiger partial charge in [-0.1, -0.05) is 5.21 Å². The molecule has 1 N–H and O–H groups in total. The van der Waals surface area contributed by atoms with Crippen molar-refractivity contribution >= 4 is 15.9 Å². The molecule has 0 aliphatic heterocycles. The number of nitrogens with zero attached hydrogens (tertiary/aromatic N) is 3. The second kappa shape index (κ2) is 5.34. The molecule has 1 atom stereocenters. The van der Waals surface area contributed by atoms with Crippen molar-refractivity contribution in [2.24, 2.45) is 0 Å². The summed E-state index contributed by atoms with van der Waals surface area (Å²) in [6, 6.07) is 2.15. The average molecular weight is 331 g/mol. The van der Waals surface area contributed by atoms with Crippen LogP contribution in [0.5, 0.6) is 0 Å². The van der Waals surface area contributed by atoms with Gasteiger partial charge in [0.2, 0.25) is 0 Å². The highest BCUT2D eigenvalue weighted by molar-refractivity contribution is 9.10. The first-order valence-electron chi connectivity index (χ1n) is 5.70. The summed E-state index contributed by atoms with van der Waals surface area (Å²) in [5.74, 6) is -1.11. The first-order valence-corrected chi connectivity index (χ1v) is 6.49. The molecule has 1 aromatic heterocycles. The lowest BCUT2D eigenvalue weighted by atomic mass is 10.2. The van der Waals surface area contributed by atoms with Crippen LogP contribution in [0.25, 0.3) is 5.69 Å². The Hall–Kier alpha value is -1.34. The first kappa shape index (κ1) is 14.1. The van der Waals surface area contributed by atoms with E-state index in [0.717, 1.165) is 12.1 Å². The molecule has 4 nitrogen and oxygen atoms in total. The van der Waals surface area contributed by atoms with Gasteiger partial charge in [-0.2, -0.15) is 0 Å². The molecule has 0 radical (unpaired) electrons. The fourth-order valence-corrected chi connectivity index (χ4v) is 2.10. The highest BCUT2D eigenvalue weighted by Crippen LogP contribution is 2.24. The molecule has 1 heterocycles. The van der Waals surface area contributed by atoms with E-state index in [1.807, 2.05) is 6.92 Å². The predicted octanol–water partition coefficient (Wildman–Crippen LogP) is 2.90. The van der Waals surface area contributed by atoms with Gasteiger partial charge in [0, 0.05) is 6.07 Å². The van der Waals surface area contributed by atoms with E-state index in [4.69, 9.17) is 0 Å². The van der Waals surface area contributed by atoms with Crippen LogP contribution in [-0.2, 0) is 0 Å². The van der Waals surface area contributed by atoms with E-state index in [9.17, 15) is 8.78 Å². The van der Waals surface area contributed by atoms with Crippen molar-refractivity contribution in [2.75, 3.05) is 7.05 Å². The molecule has 0 saturated heterocycles. The van der Waals surface area contributed by atoms with Crippen LogP contribution in [0.2, 0.25) is 0 Å². The van der Waals surface area contributed by atoms with E-state index in [2.05, 4.69) is 31.6 Å². The Bertz CT molecular complexity index is 612. The van der Waals surface area contributed by atoms with Crippen molar-refractivity contribution in [2.45, 2.75) is 19.9 Å². The zero-order valence-electron chi connectivity index (χ0n) is 10.7.